The fraction of sp³-hybridized carbons (Fsp3) is 0.615. The third kappa shape index (κ3) is 4.48. The molecule has 1 atom stereocenters. The third-order valence-corrected chi connectivity index (χ3v) is 3.73. The summed E-state index contributed by atoms with van der Waals surface area (Å²) in [6.07, 6.45) is 0.160. The van der Waals surface area contributed by atoms with Crippen molar-refractivity contribution in [2.45, 2.75) is 52.6 Å². The first-order valence-corrected chi connectivity index (χ1v) is 7.19. The second-order valence-corrected chi connectivity index (χ2v) is 6.50. The Hall–Kier alpha value is -1.63. The van der Waals surface area contributed by atoms with Gasteiger partial charge in [0.25, 0.3) is 0 Å². The second kappa shape index (κ2) is 6.21. The van der Waals surface area contributed by atoms with Crippen LogP contribution in [0.25, 0.3) is 0 Å². The van der Waals surface area contributed by atoms with Gasteiger partial charge in [0, 0.05) is 4.88 Å². The molecule has 0 saturated heterocycles. The van der Waals surface area contributed by atoms with Crippen molar-refractivity contribution in [1.29, 1.82) is 0 Å². The minimum atomic E-state index is -1.09. The zero-order valence-electron chi connectivity index (χ0n) is 12.3. The van der Waals surface area contributed by atoms with Gasteiger partial charge in [-0.1, -0.05) is 13.8 Å². The van der Waals surface area contributed by atoms with Gasteiger partial charge in [-0.2, -0.15) is 0 Å². The van der Waals surface area contributed by atoms with Gasteiger partial charge in [-0.15, -0.1) is 11.3 Å². The summed E-state index contributed by atoms with van der Waals surface area (Å²) in [5.74, 6) is -1.01. The van der Waals surface area contributed by atoms with Crippen molar-refractivity contribution < 1.29 is 19.4 Å². The van der Waals surface area contributed by atoms with E-state index in [4.69, 9.17) is 9.84 Å². The molecule has 0 saturated carbocycles. The van der Waals surface area contributed by atoms with Crippen molar-refractivity contribution in [1.82, 2.24) is 4.98 Å². The maximum atomic E-state index is 11.6. The van der Waals surface area contributed by atoms with Gasteiger partial charge >= 0.3 is 12.1 Å². The van der Waals surface area contributed by atoms with Crippen LogP contribution in [-0.4, -0.2) is 27.8 Å². The van der Waals surface area contributed by atoms with Gasteiger partial charge in [-0.3, -0.25) is 5.32 Å². The number of rotatable bonds is 4. The molecule has 7 heteroatoms. The molecule has 0 aromatic carbocycles. The maximum absolute atomic E-state index is 11.6. The first-order valence-electron chi connectivity index (χ1n) is 6.38. The summed E-state index contributed by atoms with van der Waals surface area (Å²) >= 11 is 1.17. The van der Waals surface area contributed by atoms with E-state index in [2.05, 4.69) is 10.3 Å². The normalized spacial score (nSPS) is 12.8. The highest BCUT2D eigenvalue weighted by atomic mass is 32.1. The highest BCUT2D eigenvalue weighted by molar-refractivity contribution is 7.16. The zero-order chi connectivity index (χ0) is 15.5. The predicted octanol–water partition coefficient (Wildman–Crippen LogP) is 3.70. The number of anilines is 1. The van der Waals surface area contributed by atoms with Gasteiger partial charge in [0.05, 0.1) is 0 Å². The molecule has 0 radical (unpaired) electrons. The molecule has 6 nitrogen and oxygen atoms in total. The first-order chi connectivity index (χ1) is 9.14. The largest absolute Gasteiger partial charge is 0.476 e. The number of hydrogen-bond acceptors (Lipinski definition) is 5. The quantitative estimate of drug-likeness (QED) is 0.885. The molecular formula is C13H20N2O4S. The molecule has 1 aromatic rings. The molecule has 1 amide bonds. The van der Waals surface area contributed by atoms with Crippen LogP contribution in [0.2, 0.25) is 0 Å². The Balaban J connectivity index is 2.92. The zero-order valence-corrected chi connectivity index (χ0v) is 13.1. The summed E-state index contributed by atoms with van der Waals surface area (Å²) < 4.78 is 5.11. The standard InChI is InChI=1S/C13H20N2O4S/c1-6-7(2)9-8(10(16)17)14-11(20-9)15-12(18)19-13(3,4)5/h7H,6H2,1-5H3,(H,16,17)(H,14,15,18). The lowest BCUT2D eigenvalue weighted by Gasteiger charge is -2.18. The summed E-state index contributed by atoms with van der Waals surface area (Å²) in [4.78, 5) is 27.4. The van der Waals surface area contributed by atoms with Crippen LogP contribution in [0.5, 0.6) is 0 Å². The molecule has 1 unspecified atom stereocenters. The van der Waals surface area contributed by atoms with Crippen LogP contribution in [0.15, 0.2) is 0 Å². The number of hydrogen-bond donors (Lipinski definition) is 2. The Morgan fingerprint density at radius 1 is 1.45 bits per heavy atom. The Bertz CT molecular complexity index is 505. The Morgan fingerprint density at radius 2 is 2.05 bits per heavy atom. The number of nitrogens with zero attached hydrogens (tertiary/aromatic N) is 1. The Kier molecular flexibility index (Phi) is 5.10. The molecule has 0 aliphatic rings. The molecule has 0 fully saturated rings. The van der Waals surface area contributed by atoms with Crippen molar-refractivity contribution >= 4 is 28.5 Å². The molecule has 1 rings (SSSR count). The number of amides is 1. The SMILES string of the molecule is CCC(C)c1sc(NC(=O)OC(C)(C)C)nc1C(=O)O. The first kappa shape index (κ1) is 16.4. The van der Waals surface area contributed by atoms with Crippen LogP contribution < -0.4 is 5.32 Å². The Morgan fingerprint density at radius 3 is 2.50 bits per heavy atom. The van der Waals surface area contributed by atoms with E-state index in [9.17, 15) is 9.59 Å². The van der Waals surface area contributed by atoms with Crippen LogP contribution in [-0.2, 0) is 4.74 Å². The molecule has 0 bridgehead atoms. The summed E-state index contributed by atoms with van der Waals surface area (Å²) in [6.45, 7) is 9.15. The maximum Gasteiger partial charge on any atom is 0.413 e. The smallest absolute Gasteiger partial charge is 0.413 e. The highest BCUT2D eigenvalue weighted by Gasteiger charge is 2.23. The van der Waals surface area contributed by atoms with Gasteiger partial charge in [-0.25, -0.2) is 14.6 Å². The van der Waals surface area contributed by atoms with Gasteiger partial charge < -0.3 is 9.84 Å². The van der Waals surface area contributed by atoms with Gasteiger partial charge in [-0.05, 0) is 33.1 Å². The number of nitrogens with one attached hydrogen (secondary N) is 1. The molecule has 1 aromatic heterocycles. The number of thiazole rings is 1. The number of carbonyl (C=O) groups is 2. The molecule has 112 valence electrons. The molecule has 2 N–H and O–H groups in total. The lowest BCUT2D eigenvalue weighted by Crippen LogP contribution is -2.27. The monoisotopic (exact) mass is 300 g/mol. The number of carboxylic acid groups (broad SMARTS) is 1. The van der Waals surface area contributed by atoms with Crippen LogP contribution in [0, 0.1) is 0 Å². The molecule has 0 spiro atoms. The number of aromatic nitrogens is 1. The number of ether oxygens (including phenoxy) is 1. The predicted molar refractivity (Wildman–Crippen MR) is 77.6 cm³/mol. The van der Waals surface area contributed by atoms with Crippen molar-refractivity contribution in [3.63, 3.8) is 0 Å². The highest BCUT2D eigenvalue weighted by Crippen LogP contribution is 2.32. The minimum Gasteiger partial charge on any atom is -0.476 e. The van der Waals surface area contributed by atoms with Crippen molar-refractivity contribution in [3.05, 3.63) is 10.6 Å². The average Bonchev–Trinajstić information content (AvgIpc) is 2.69. The number of carboxylic acids is 1. The van der Waals surface area contributed by atoms with Gasteiger partial charge in [0.2, 0.25) is 0 Å². The van der Waals surface area contributed by atoms with E-state index in [1.165, 1.54) is 11.3 Å². The third-order valence-electron chi connectivity index (χ3n) is 2.52. The summed E-state index contributed by atoms with van der Waals surface area (Å²) in [6, 6.07) is 0. The number of aromatic carboxylic acids is 1. The van der Waals surface area contributed by atoms with E-state index in [0.717, 1.165) is 6.42 Å². The lowest BCUT2D eigenvalue weighted by molar-refractivity contribution is 0.0632. The van der Waals surface area contributed by atoms with E-state index in [-0.39, 0.29) is 16.7 Å². The van der Waals surface area contributed by atoms with Crippen molar-refractivity contribution in [2.75, 3.05) is 5.32 Å². The van der Waals surface area contributed by atoms with Crippen molar-refractivity contribution in [3.8, 4) is 0 Å². The van der Waals surface area contributed by atoms with E-state index in [1.54, 1.807) is 20.8 Å². The summed E-state index contributed by atoms with van der Waals surface area (Å²) in [7, 11) is 0. The summed E-state index contributed by atoms with van der Waals surface area (Å²) in [5, 5.41) is 11.9. The van der Waals surface area contributed by atoms with Crippen LogP contribution >= 0.6 is 11.3 Å². The van der Waals surface area contributed by atoms with Crippen LogP contribution in [0.4, 0.5) is 9.93 Å². The topological polar surface area (TPSA) is 88.5 Å². The minimum absolute atomic E-state index is 0.00425. The molecule has 0 aliphatic carbocycles. The molecule has 1 heterocycles. The van der Waals surface area contributed by atoms with Crippen LogP contribution in [0.1, 0.15) is 62.3 Å². The molecule has 0 aliphatic heterocycles. The van der Waals surface area contributed by atoms with Crippen molar-refractivity contribution in [2.24, 2.45) is 0 Å². The number of carbonyl (C=O) groups excluding carboxylic acids is 1. The average molecular weight is 300 g/mol. The fourth-order valence-electron chi connectivity index (χ4n) is 1.45. The molecular weight excluding hydrogens is 280 g/mol. The lowest BCUT2D eigenvalue weighted by atomic mass is 10.1. The Labute approximate surface area is 122 Å². The second-order valence-electron chi connectivity index (χ2n) is 5.47. The fourth-order valence-corrected chi connectivity index (χ4v) is 2.53. The van der Waals surface area contributed by atoms with Gasteiger partial charge in [0.15, 0.2) is 10.8 Å². The van der Waals surface area contributed by atoms with E-state index < -0.39 is 17.7 Å². The molecule has 20 heavy (non-hydrogen) atoms. The van der Waals surface area contributed by atoms with E-state index in [1.807, 2.05) is 13.8 Å². The summed E-state index contributed by atoms with van der Waals surface area (Å²) in [5.41, 5.74) is -0.619. The van der Waals surface area contributed by atoms with Gasteiger partial charge in [0.1, 0.15) is 5.60 Å². The van der Waals surface area contributed by atoms with Crippen LogP contribution in [0.3, 0.4) is 0 Å². The van der Waals surface area contributed by atoms with E-state index in [0.29, 0.717) is 4.88 Å². The van der Waals surface area contributed by atoms with E-state index >= 15 is 0 Å².